The zero-order chi connectivity index (χ0) is 19.0. The first kappa shape index (κ1) is 19.3. The zero-order valence-corrected chi connectivity index (χ0v) is 17.1. The summed E-state index contributed by atoms with van der Waals surface area (Å²) < 4.78 is 10.3. The third-order valence-electron chi connectivity index (χ3n) is 5.12. The minimum absolute atomic E-state index is 0.310. The lowest BCUT2D eigenvalue weighted by atomic mass is 10.1. The van der Waals surface area contributed by atoms with Gasteiger partial charge in [0.15, 0.2) is 5.16 Å². The van der Waals surface area contributed by atoms with Gasteiger partial charge < -0.3 is 9.30 Å². The Morgan fingerprint density at radius 1 is 1.11 bits per heavy atom. The number of ether oxygens (including phenoxy) is 1. The van der Waals surface area contributed by atoms with Crippen LogP contribution in [0.15, 0.2) is 60.1 Å². The van der Waals surface area contributed by atoms with Crippen molar-refractivity contribution in [3.05, 3.63) is 55.0 Å². The smallest absolute Gasteiger partial charge is 0.168 e. The highest BCUT2D eigenvalue weighted by Crippen LogP contribution is 2.28. The van der Waals surface area contributed by atoms with Gasteiger partial charge in [-0.15, -0.1) is 0 Å². The van der Waals surface area contributed by atoms with E-state index in [0.717, 1.165) is 37.0 Å². The van der Waals surface area contributed by atoms with E-state index in [1.807, 2.05) is 41.1 Å². The Balaban J connectivity index is 1.35. The predicted octanol–water partition coefficient (Wildman–Crippen LogP) is 4.89. The average molecular weight is 397 g/mol. The number of aromatic nitrogens is 4. The zero-order valence-electron chi connectivity index (χ0n) is 16.2. The van der Waals surface area contributed by atoms with Gasteiger partial charge in [0.05, 0.1) is 24.5 Å². The van der Waals surface area contributed by atoms with Crippen molar-refractivity contribution in [3.8, 4) is 11.3 Å². The minimum atomic E-state index is 0.310. The van der Waals surface area contributed by atoms with E-state index in [4.69, 9.17) is 9.72 Å². The standard InChI is InChI=1S/C22H28N4OS/c1-3-9-19(10-4-1)21-17-23-22(26(21)18-20-11-7-15-27-20)28-16-6-2-5-13-25-14-8-12-24-25/h1,3-4,8-10,12,14,17,20H,2,5-7,11,13,15-16,18H2. The fourth-order valence-electron chi connectivity index (χ4n) is 3.63. The van der Waals surface area contributed by atoms with Crippen LogP contribution in [0.3, 0.4) is 0 Å². The molecule has 28 heavy (non-hydrogen) atoms. The summed E-state index contributed by atoms with van der Waals surface area (Å²) in [5.74, 6) is 1.09. The molecule has 0 radical (unpaired) electrons. The van der Waals surface area contributed by atoms with Gasteiger partial charge in [-0.2, -0.15) is 5.10 Å². The molecule has 2 aromatic heterocycles. The van der Waals surface area contributed by atoms with Gasteiger partial charge in [-0.25, -0.2) is 4.98 Å². The summed E-state index contributed by atoms with van der Waals surface area (Å²) >= 11 is 1.87. The van der Waals surface area contributed by atoms with Crippen LogP contribution in [0, 0.1) is 0 Å². The van der Waals surface area contributed by atoms with Gasteiger partial charge in [0.2, 0.25) is 0 Å². The van der Waals surface area contributed by atoms with E-state index in [-0.39, 0.29) is 0 Å². The molecule has 3 aromatic rings. The molecule has 5 nitrogen and oxygen atoms in total. The van der Waals surface area contributed by atoms with Gasteiger partial charge in [0, 0.05) is 31.3 Å². The fourth-order valence-corrected chi connectivity index (χ4v) is 4.62. The van der Waals surface area contributed by atoms with Crippen molar-refractivity contribution in [3.63, 3.8) is 0 Å². The van der Waals surface area contributed by atoms with Crippen molar-refractivity contribution in [2.24, 2.45) is 0 Å². The first-order valence-corrected chi connectivity index (χ1v) is 11.2. The van der Waals surface area contributed by atoms with Crippen LogP contribution in [0.1, 0.15) is 32.1 Å². The lowest BCUT2D eigenvalue weighted by Crippen LogP contribution is -2.16. The van der Waals surface area contributed by atoms with E-state index >= 15 is 0 Å². The molecule has 0 aliphatic carbocycles. The van der Waals surface area contributed by atoms with Crippen LogP contribution in [0.2, 0.25) is 0 Å². The molecule has 1 fully saturated rings. The number of rotatable bonds is 10. The molecule has 4 rings (SSSR count). The van der Waals surface area contributed by atoms with Crippen molar-refractivity contribution in [1.29, 1.82) is 0 Å². The average Bonchev–Trinajstić information content (AvgIpc) is 3.49. The monoisotopic (exact) mass is 396 g/mol. The van der Waals surface area contributed by atoms with E-state index in [2.05, 4.69) is 40.0 Å². The third-order valence-corrected chi connectivity index (χ3v) is 6.20. The molecule has 1 saturated heterocycles. The molecule has 1 atom stereocenters. The Bertz CT molecular complexity index is 826. The van der Waals surface area contributed by atoms with Crippen molar-refractivity contribution in [2.75, 3.05) is 12.4 Å². The molecule has 1 aliphatic heterocycles. The van der Waals surface area contributed by atoms with Crippen LogP contribution in [-0.2, 0) is 17.8 Å². The largest absolute Gasteiger partial charge is 0.376 e. The van der Waals surface area contributed by atoms with E-state index in [0.29, 0.717) is 6.10 Å². The number of thioether (sulfide) groups is 1. The molecule has 0 saturated carbocycles. The summed E-state index contributed by atoms with van der Waals surface area (Å²) in [6.07, 6.45) is 12.1. The second-order valence-electron chi connectivity index (χ2n) is 7.22. The predicted molar refractivity (Wildman–Crippen MR) is 113 cm³/mol. The quantitative estimate of drug-likeness (QED) is 0.362. The van der Waals surface area contributed by atoms with Crippen LogP contribution < -0.4 is 0 Å². The van der Waals surface area contributed by atoms with E-state index in [9.17, 15) is 0 Å². The summed E-state index contributed by atoms with van der Waals surface area (Å²) in [7, 11) is 0. The molecular weight excluding hydrogens is 368 g/mol. The van der Waals surface area contributed by atoms with Gasteiger partial charge in [-0.1, -0.05) is 48.5 Å². The SMILES string of the molecule is c1ccc(-c2cnc(SCCCCCn3cccn3)n2CC2CCCO2)cc1. The third kappa shape index (κ3) is 5.06. The molecule has 0 N–H and O–H groups in total. The molecule has 3 heterocycles. The van der Waals surface area contributed by atoms with Crippen LogP contribution in [0.5, 0.6) is 0 Å². The molecule has 1 unspecified atom stereocenters. The Morgan fingerprint density at radius 3 is 2.82 bits per heavy atom. The van der Waals surface area contributed by atoms with Crippen LogP contribution in [0.4, 0.5) is 0 Å². The molecule has 148 valence electrons. The molecule has 0 bridgehead atoms. The molecular formula is C22H28N4OS. The van der Waals surface area contributed by atoms with Crippen molar-refractivity contribution in [1.82, 2.24) is 19.3 Å². The lowest BCUT2D eigenvalue weighted by Gasteiger charge is -2.16. The Hall–Kier alpha value is -2.05. The lowest BCUT2D eigenvalue weighted by molar-refractivity contribution is 0.0954. The maximum Gasteiger partial charge on any atom is 0.168 e. The van der Waals surface area contributed by atoms with Gasteiger partial charge in [-0.3, -0.25) is 4.68 Å². The van der Waals surface area contributed by atoms with Gasteiger partial charge in [0.25, 0.3) is 0 Å². The summed E-state index contributed by atoms with van der Waals surface area (Å²) in [4.78, 5) is 4.75. The molecule has 1 aromatic carbocycles. The number of unbranched alkanes of at least 4 members (excludes halogenated alkanes) is 2. The van der Waals surface area contributed by atoms with Crippen LogP contribution in [-0.4, -0.2) is 37.8 Å². The second kappa shape index (κ2) is 9.94. The topological polar surface area (TPSA) is 44.9 Å². The summed E-state index contributed by atoms with van der Waals surface area (Å²) in [5, 5.41) is 5.37. The van der Waals surface area contributed by atoms with Gasteiger partial charge in [-0.05, 0) is 37.3 Å². The number of hydrogen-bond acceptors (Lipinski definition) is 4. The number of imidazole rings is 1. The second-order valence-corrected chi connectivity index (χ2v) is 8.28. The van der Waals surface area contributed by atoms with Crippen molar-refractivity contribution in [2.45, 2.75) is 56.5 Å². The molecule has 1 aliphatic rings. The first-order chi connectivity index (χ1) is 13.9. The molecule has 6 heteroatoms. The Kier molecular flexibility index (Phi) is 6.84. The Labute approximate surface area is 171 Å². The van der Waals surface area contributed by atoms with E-state index in [1.165, 1.54) is 36.9 Å². The summed E-state index contributed by atoms with van der Waals surface area (Å²) in [6, 6.07) is 12.5. The van der Waals surface area contributed by atoms with Gasteiger partial charge in [0.1, 0.15) is 0 Å². The van der Waals surface area contributed by atoms with Crippen LogP contribution >= 0.6 is 11.8 Å². The fraction of sp³-hybridized carbons (Fsp3) is 0.455. The summed E-state index contributed by atoms with van der Waals surface area (Å²) in [5.41, 5.74) is 2.41. The normalized spacial score (nSPS) is 16.6. The Morgan fingerprint density at radius 2 is 2.04 bits per heavy atom. The highest BCUT2D eigenvalue weighted by molar-refractivity contribution is 7.99. The number of aryl methyl sites for hydroxylation is 1. The van der Waals surface area contributed by atoms with E-state index < -0.39 is 0 Å². The summed E-state index contributed by atoms with van der Waals surface area (Å²) in [6.45, 7) is 2.79. The molecule has 0 amide bonds. The van der Waals surface area contributed by atoms with Crippen LogP contribution in [0.25, 0.3) is 11.3 Å². The highest BCUT2D eigenvalue weighted by Gasteiger charge is 2.20. The number of nitrogens with zero attached hydrogens (tertiary/aromatic N) is 4. The molecule has 0 spiro atoms. The first-order valence-electron chi connectivity index (χ1n) is 10.2. The number of hydrogen-bond donors (Lipinski definition) is 0. The van der Waals surface area contributed by atoms with Crippen molar-refractivity contribution < 1.29 is 4.74 Å². The maximum atomic E-state index is 5.90. The van der Waals surface area contributed by atoms with Gasteiger partial charge >= 0.3 is 0 Å². The minimum Gasteiger partial charge on any atom is -0.376 e. The number of benzene rings is 1. The maximum absolute atomic E-state index is 5.90. The van der Waals surface area contributed by atoms with E-state index in [1.54, 1.807) is 0 Å². The van der Waals surface area contributed by atoms with Crippen molar-refractivity contribution >= 4 is 11.8 Å². The highest BCUT2D eigenvalue weighted by atomic mass is 32.2.